The highest BCUT2D eigenvalue weighted by Crippen LogP contribution is 2.35. The molecular formula is C15H27ClO2. The summed E-state index contributed by atoms with van der Waals surface area (Å²) in [6.07, 6.45) is 14.3. The van der Waals surface area contributed by atoms with Crippen molar-refractivity contribution in [1.29, 1.82) is 0 Å². The summed E-state index contributed by atoms with van der Waals surface area (Å²) in [7, 11) is 0. The lowest BCUT2D eigenvalue weighted by Crippen LogP contribution is -2.31. The second-order valence-electron chi connectivity index (χ2n) is 5.80. The minimum Gasteiger partial charge on any atom is -0.347 e. The number of rotatable bonds is 1. The molecule has 0 amide bonds. The summed E-state index contributed by atoms with van der Waals surface area (Å²) in [5.41, 5.74) is 0. The molecule has 2 nitrogen and oxygen atoms in total. The quantitative estimate of drug-likeness (QED) is 0.649. The Kier molecular flexibility index (Phi) is 6.26. The number of hydrogen-bond donors (Lipinski definition) is 0. The molecule has 1 saturated heterocycles. The molecule has 1 aliphatic heterocycles. The van der Waals surface area contributed by atoms with Crippen LogP contribution in [0.2, 0.25) is 0 Å². The van der Waals surface area contributed by atoms with Gasteiger partial charge in [0.2, 0.25) is 0 Å². The van der Waals surface area contributed by atoms with Crippen molar-refractivity contribution in [2.75, 3.05) is 12.5 Å². The molecule has 1 spiro atoms. The molecule has 1 heterocycles. The maximum atomic E-state index is 6.09. The van der Waals surface area contributed by atoms with Crippen LogP contribution in [-0.2, 0) is 9.47 Å². The van der Waals surface area contributed by atoms with E-state index in [2.05, 4.69) is 0 Å². The highest BCUT2D eigenvalue weighted by Gasteiger charge is 2.40. The number of hydrogen-bond acceptors (Lipinski definition) is 2. The van der Waals surface area contributed by atoms with Crippen molar-refractivity contribution in [3.05, 3.63) is 0 Å². The Balaban J connectivity index is 1.85. The van der Waals surface area contributed by atoms with E-state index in [9.17, 15) is 0 Å². The summed E-state index contributed by atoms with van der Waals surface area (Å²) >= 11 is 5.88. The van der Waals surface area contributed by atoms with Crippen LogP contribution in [0.25, 0.3) is 0 Å². The minimum atomic E-state index is -0.293. The lowest BCUT2D eigenvalue weighted by atomic mass is 9.97. The van der Waals surface area contributed by atoms with Gasteiger partial charge in [-0.25, -0.2) is 0 Å². The fourth-order valence-corrected chi connectivity index (χ4v) is 3.26. The van der Waals surface area contributed by atoms with E-state index < -0.39 is 0 Å². The predicted octanol–water partition coefficient (Wildman–Crippen LogP) is 4.64. The van der Waals surface area contributed by atoms with Gasteiger partial charge in [-0.15, -0.1) is 11.6 Å². The molecule has 0 aromatic rings. The minimum absolute atomic E-state index is 0.111. The van der Waals surface area contributed by atoms with Gasteiger partial charge >= 0.3 is 0 Å². The third kappa shape index (κ3) is 4.40. The van der Waals surface area contributed by atoms with Crippen molar-refractivity contribution in [3.63, 3.8) is 0 Å². The zero-order chi connectivity index (χ0) is 12.7. The fourth-order valence-electron chi connectivity index (χ4n) is 3.11. The highest BCUT2D eigenvalue weighted by atomic mass is 35.5. The summed E-state index contributed by atoms with van der Waals surface area (Å²) in [5, 5.41) is 0. The van der Waals surface area contributed by atoms with Crippen LogP contribution in [-0.4, -0.2) is 24.4 Å². The number of halogens is 1. The molecule has 2 aliphatic rings. The average Bonchev–Trinajstić information content (AvgIpc) is 2.78. The van der Waals surface area contributed by atoms with Crippen LogP contribution >= 0.6 is 11.6 Å². The van der Waals surface area contributed by atoms with Crippen molar-refractivity contribution in [2.24, 2.45) is 0 Å². The molecule has 106 valence electrons. The fraction of sp³-hybridized carbons (Fsp3) is 1.00. The summed E-state index contributed by atoms with van der Waals surface area (Å²) in [4.78, 5) is 0. The monoisotopic (exact) mass is 274 g/mol. The normalized spacial score (nSPS) is 30.8. The van der Waals surface area contributed by atoms with E-state index in [-0.39, 0.29) is 11.9 Å². The Morgan fingerprint density at radius 3 is 1.78 bits per heavy atom. The van der Waals surface area contributed by atoms with Crippen LogP contribution in [0, 0.1) is 0 Å². The Labute approximate surface area is 116 Å². The number of ether oxygens (including phenoxy) is 2. The van der Waals surface area contributed by atoms with E-state index in [4.69, 9.17) is 21.1 Å². The second kappa shape index (κ2) is 7.72. The van der Waals surface area contributed by atoms with Gasteiger partial charge in [-0.2, -0.15) is 0 Å². The van der Waals surface area contributed by atoms with Crippen molar-refractivity contribution in [3.8, 4) is 0 Å². The molecular weight excluding hydrogens is 248 g/mol. The third-order valence-electron chi connectivity index (χ3n) is 4.20. The van der Waals surface area contributed by atoms with E-state index in [0.717, 1.165) is 12.8 Å². The van der Waals surface area contributed by atoms with Gasteiger partial charge < -0.3 is 9.47 Å². The summed E-state index contributed by atoms with van der Waals surface area (Å²) in [6, 6.07) is 0. The molecule has 0 bridgehead atoms. The Morgan fingerprint density at radius 1 is 0.833 bits per heavy atom. The third-order valence-corrected chi connectivity index (χ3v) is 4.55. The summed E-state index contributed by atoms with van der Waals surface area (Å²) < 4.78 is 12.1. The Morgan fingerprint density at radius 2 is 1.33 bits per heavy atom. The standard InChI is InChI=1S/C15H27ClO2/c16-12-14-13-17-15(18-14)10-8-6-4-2-1-3-5-7-9-11-15/h14H,1-13H2/t14-/m1/s1. The molecule has 0 radical (unpaired) electrons. The molecule has 0 N–H and O–H groups in total. The first-order valence-electron chi connectivity index (χ1n) is 7.72. The van der Waals surface area contributed by atoms with Crippen LogP contribution in [0.3, 0.4) is 0 Å². The molecule has 2 rings (SSSR count). The van der Waals surface area contributed by atoms with E-state index in [0.29, 0.717) is 12.5 Å². The molecule has 1 saturated carbocycles. The van der Waals surface area contributed by atoms with Gasteiger partial charge in [0, 0.05) is 12.8 Å². The SMILES string of the molecule is ClC[C@@H]1COC2(CCCCCCCCCCC2)O1. The van der Waals surface area contributed by atoms with Gasteiger partial charge in [-0.3, -0.25) is 0 Å². The average molecular weight is 275 g/mol. The van der Waals surface area contributed by atoms with Crippen molar-refractivity contribution >= 4 is 11.6 Å². The molecule has 0 aromatic carbocycles. The lowest BCUT2D eigenvalue weighted by molar-refractivity contribution is -0.177. The van der Waals surface area contributed by atoms with Gasteiger partial charge in [0.05, 0.1) is 18.6 Å². The second-order valence-corrected chi connectivity index (χ2v) is 6.11. The zero-order valence-electron chi connectivity index (χ0n) is 11.5. The Bertz CT molecular complexity index is 221. The molecule has 1 atom stereocenters. The van der Waals surface area contributed by atoms with Gasteiger partial charge in [-0.1, -0.05) is 44.9 Å². The highest BCUT2D eigenvalue weighted by molar-refractivity contribution is 6.18. The van der Waals surface area contributed by atoms with E-state index in [1.165, 1.54) is 57.8 Å². The van der Waals surface area contributed by atoms with E-state index >= 15 is 0 Å². The Hall–Kier alpha value is 0.210. The maximum absolute atomic E-state index is 6.09. The van der Waals surface area contributed by atoms with Gasteiger partial charge in [0.1, 0.15) is 0 Å². The van der Waals surface area contributed by atoms with Gasteiger partial charge in [0.25, 0.3) is 0 Å². The topological polar surface area (TPSA) is 18.5 Å². The van der Waals surface area contributed by atoms with Crippen LogP contribution in [0.5, 0.6) is 0 Å². The molecule has 1 aliphatic carbocycles. The van der Waals surface area contributed by atoms with Crippen molar-refractivity contribution < 1.29 is 9.47 Å². The van der Waals surface area contributed by atoms with Crippen LogP contribution in [0.1, 0.15) is 70.6 Å². The molecule has 18 heavy (non-hydrogen) atoms. The smallest absolute Gasteiger partial charge is 0.168 e. The van der Waals surface area contributed by atoms with Crippen molar-refractivity contribution in [1.82, 2.24) is 0 Å². The maximum Gasteiger partial charge on any atom is 0.168 e. The number of alkyl halides is 1. The van der Waals surface area contributed by atoms with Crippen LogP contribution < -0.4 is 0 Å². The zero-order valence-corrected chi connectivity index (χ0v) is 12.2. The first-order valence-corrected chi connectivity index (χ1v) is 8.26. The van der Waals surface area contributed by atoms with Crippen LogP contribution in [0.4, 0.5) is 0 Å². The largest absolute Gasteiger partial charge is 0.347 e. The van der Waals surface area contributed by atoms with Crippen molar-refractivity contribution in [2.45, 2.75) is 82.5 Å². The van der Waals surface area contributed by atoms with E-state index in [1.54, 1.807) is 0 Å². The van der Waals surface area contributed by atoms with Gasteiger partial charge in [0.15, 0.2) is 5.79 Å². The molecule has 2 fully saturated rings. The molecule has 0 aromatic heterocycles. The summed E-state index contributed by atoms with van der Waals surface area (Å²) in [6.45, 7) is 0.684. The molecule has 0 unspecified atom stereocenters. The van der Waals surface area contributed by atoms with Crippen LogP contribution in [0.15, 0.2) is 0 Å². The first kappa shape index (κ1) is 14.6. The van der Waals surface area contributed by atoms with Gasteiger partial charge in [-0.05, 0) is 12.8 Å². The predicted molar refractivity (Wildman–Crippen MR) is 75.1 cm³/mol. The molecule has 3 heteroatoms. The lowest BCUT2D eigenvalue weighted by Gasteiger charge is -2.28. The van der Waals surface area contributed by atoms with E-state index in [1.807, 2.05) is 0 Å². The summed E-state index contributed by atoms with van der Waals surface area (Å²) in [5.74, 6) is 0.264. The first-order chi connectivity index (χ1) is 8.85.